The lowest BCUT2D eigenvalue weighted by Gasteiger charge is -2.26. The zero-order valence-corrected chi connectivity index (χ0v) is 14.7. The molecule has 6 nitrogen and oxygen atoms in total. The Kier molecular flexibility index (Phi) is 6.07. The highest BCUT2D eigenvalue weighted by atomic mass is 32.2. The number of hydrogen-bond donors (Lipinski definition) is 2. The van der Waals surface area contributed by atoms with E-state index < -0.39 is 33.4 Å². The topological polar surface area (TPSA) is 81.7 Å². The summed E-state index contributed by atoms with van der Waals surface area (Å²) < 4.78 is 34.8. The molecular formula is C15H21NO5S2. The van der Waals surface area contributed by atoms with Gasteiger partial charge in [0.2, 0.25) is 0 Å². The molecule has 1 aliphatic rings. The van der Waals surface area contributed by atoms with Crippen LogP contribution in [0.3, 0.4) is 0 Å². The van der Waals surface area contributed by atoms with Crippen molar-refractivity contribution in [1.29, 1.82) is 0 Å². The molecule has 1 aromatic rings. The zero-order valence-electron chi connectivity index (χ0n) is 13.0. The number of methoxy groups -OCH3 is 1. The molecule has 0 aromatic heterocycles. The third-order valence-electron chi connectivity index (χ3n) is 3.68. The summed E-state index contributed by atoms with van der Waals surface area (Å²) in [5.41, 5.74) is -0.600. The molecule has 1 unspecified atom stereocenters. The van der Waals surface area contributed by atoms with Crippen LogP contribution in [0.2, 0.25) is 0 Å². The minimum absolute atomic E-state index is 0.0566. The molecular weight excluding hydrogens is 338 g/mol. The molecule has 1 saturated heterocycles. The summed E-state index contributed by atoms with van der Waals surface area (Å²) in [4.78, 5) is 12.1. The number of carbonyl (C=O) groups is 1. The monoisotopic (exact) mass is 359 g/mol. The van der Waals surface area contributed by atoms with Gasteiger partial charge < -0.3 is 14.8 Å². The van der Waals surface area contributed by atoms with Gasteiger partial charge in [0.15, 0.2) is 21.4 Å². The van der Waals surface area contributed by atoms with Crippen molar-refractivity contribution >= 4 is 28.4 Å². The van der Waals surface area contributed by atoms with Crippen molar-refractivity contribution in [2.24, 2.45) is 0 Å². The molecule has 1 aliphatic heterocycles. The van der Waals surface area contributed by atoms with Crippen LogP contribution in [-0.2, 0) is 24.1 Å². The average Bonchev–Trinajstić information content (AvgIpc) is 2.93. The van der Waals surface area contributed by atoms with Crippen molar-refractivity contribution in [3.05, 3.63) is 35.9 Å². The second-order valence-corrected chi connectivity index (χ2v) is 8.41. The van der Waals surface area contributed by atoms with E-state index in [9.17, 15) is 13.2 Å². The number of carbonyl (C=O) groups excluding carboxylic acids is 1. The van der Waals surface area contributed by atoms with Gasteiger partial charge in [0.1, 0.15) is 0 Å². The molecule has 128 valence electrons. The van der Waals surface area contributed by atoms with E-state index in [-0.39, 0.29) is 5.25 Å². The Morgan fingerprint density at radius 2 is 2.00 bits per heavy atom. The summed E-state index contributed by atoms with van der Waals surface area (Å²) in [7, 11) is -2.30. The first-order valence-corrected chi connectivity index (χ1v) is 9.68. The van der Waals surface area contributed by atoms with E-state index in [1.807, 2.05) is 0 Å². The summed E-state index contributed by atoms with van der Waals surface area (Å²) in [6.07, 6.45) is 0.551. The second-order valence-electron chi connectivity index (χ2n) is 5.55. The molecule has 1 aromatic carbocycles. The molecule has 0 bridgehead atoms. The van der Waals surface area contributed by atoms with E-state index in [1.165, 1.54) is 7.11 Å². The van der Waals surface area contributed by atoms with Crippen LogP contribution >= 0.6 is 12.6 Å². The number of benzene rings is 1. The van der Waals surface area contributed by atoms with Crippen molar-refractivity contribution in [2.45, 2.75) is 29.3 Å². The van der Waals surface area contributed by atoms with Crippen LogP contribution in [0.5, 0.6) is 0 Å². The summed E-state index contributed by atoms with van der Waals surface area (Å²) in [6, 6.07) is 8.29. The van der Waals surface area contributed by atoms with Gasteiger partial charge >= 0.3 is 5.97 Å². The van der Waals surface area contributed by atoms with E-state index in [0.29, 0.717) is 18.5 Å². The van der Waals surface area contributed by atoms with Crippen LogP contribution in [0, 0.1) is 0 Å². The number of esters is 1. The molecule has 1 N–H and O–H groups in total. The maximum atomic E-state index is 12.2. The van der Waals surface area contributed by atoms with Gasteiger partial charge in [-0.25, -0.2) is 13.2 Å². The predicted octanol–water partition coefficient (Wildman–Crippen LogP) is 0.948. The zero-order chi connectivity index (χ0) is 17.0. The fraction of sp³-hybridized carbons (Fsp3) is 0.533. The summed E-state index contributed by atoms with van der Waals surface area (Å²) in [5.74, 6) is -0.634. The van der Waals surface area contributed by atoms with Gasteiger partial charge in [-0.05, 0) is 12.0 Å². The molecule has 8 heteroatoms. The first kappa shape index (κ1) is 18.3. The van der Waals surface area contributed by atoms with Crippen LogP contribution in [-0.4, -0.2) is 51.0 Å². The lowest BCUT2D eigenvalue weighted by Crippen LogP contribution is -2.43. The number of rotatable bonds is 6. The minimum Gasteiger partial charge on any atom is -0.467 e. The van der Waals surface area contributed by atoms with Gasteiger partial charge in [-0.2, -0.15) is 12.6 Å². The van der Waals surface area contributed by atoms with E-state index in [0.717, 1.165) is 6.26 Å². The van der Waals surface area contributed by atoms with E-state index >= 15 is 0 Å². The lowest BCUT2D eigenvalue weighted by molar-refractivity contribution is -0.156. The highest BCUT2D eigenvalue weighted by molar-refractivity contribution is 7.91. The number of nitrogens with one attached hydrogen (secondary N) is 1. The second kappa shape index (κ2) is 7.65. The van der Waals surface area contributed by atoms with Gasteiger partial charge in [0.25, 0.3) is 0 Å². The highest BCUT2D eigenvalue weighted by Gasteiger charge is 2.39. The standard InChI is InChI=1S/C15H21NO5S2/c1-20-14(17)13(10-6-4-3-5-7-10)21-15(23(2,18)19)12-8-11(22)9-16-12/h3-7,11-13,15-16,22H,8-9H2,1-2H3/t11-,12+,13?,15+/m1/s1. The van der Waals surface area contributed by atoms with Crippen LogP contribution in [0.15, 0.2) is 30.3 Å². The fourth-order valence-electron chi connectivity index (χ4n) is 2.59. The normalized spacial score (nSPS) is 24.1. The SMILES string of the molecule is COC(=O)C(O[C@H]([C@@H]1C[C@@H](S)CN1)S(C)(=O)=O)c1ccccc1. The maximum Gasteiger partial charge on any atom is 0.339 e. The first-order chi connectivity index (χ1) is 10.8. The summed E-state index contributed by atoms with van der Waals surface area (Å²) in [5, 5.41) is 3.15. The van der Waals surface area contributed by atoms with E-state index in [1.54, 1.807) is 30.3 Å². The average molecular weight is 359 g/mol. The molecule has 4 atom stereocenters. The molecule has 2 rings (SSSR count). The summed E-state index contributed by atoms with van der Waals surface area (Å²) in [6.45, 7) is 0.595. The molecule has 0 aliphatic carbocycles. The van der Waals surface area contributed by atoms with Gasteiger partial charge in [-0.1, -0.05) is 30.3 Å². The van der Waals surface area contributed by atoms with Gasteiger partial charge in [-0.3, -0.25) is 0 Å². The molecule has 23 heavy (non-hydrogen) atoms. The molecule has 0 radical (unpaired) electrons. The van der Waals surface area contributed by atoms with Crippen LogP contribution < -0.4 is 5.32 Å². The number of ether oxygens (including phenoxy) is 2. The van der Waals surface area contributed by atoms with E-state index in [4.69, 9.17) is 9.47 Å². The Morgan fingerprint density at radius 1 is 1.35 bits per heavy atom. The third-order valence-corrected chi connectivity index (χ3v) is 5.36. The molecule has 0 spiro atoms. The Balaban J connectivity index is 2.29. The molecule has 0 amide bonds. The Bertz CT molecular complexity index is 635. The quantitative estimate of drug-likeness (QED) is 0.581. The Labute approximate surface area is 141 Å². The number of thiol groups is 1. The minimum atomic E-state index is -3.54. The maximum absolute atomic E-state index is 12.2. The van der Waals surface area contributed by atoms with Crippen LogP contribution in [0.4, 0.5) is 0 Å². The molecule has 0 saturated carbocycles. The molecule has 1 heterocycles. The fourth-order valence-corrected chi connectivity index (χ4v) is 4.04. The Morgan fingerprint density at radius 3 is 2.48 bits per heavy atom. The predicted molar refractivity (Wildman–Crippen MR) is 90.1 cm³/mol. The number of sulfone groups is 1. The van der Waals surface area contributed by atoms with Crippen molar-refractivity contribution in [2.75, 3.05) is 19.9 Å². The molecule has 1 fully saturated rings. The van der Waals surface area contributed by atoms with Crippen molar-refractivity contribution < 1.29 is 22.7 Å². The van der Waals surface area contributed by atoms with Crippen molar-refractivity contribution in [1.82, 2.24) is 5.32 Å². The van der Waals surface area contributed by atoms with Crippen LogP contribution in [0.25, 0.3) is 0 Å². The Hall–Kier alpha value is -1.09. The number of hydrogen-bond acceptors (Lipinski definition) is 7. The largest absolute Gasteiger partial charge is 0.467 e. The third kappa shape index (κ3) is 4.69. The highest BCUT2D eigenvalue weighted by Crippen LogP contribution is 2.27. The van der Waals surface area contributed by atoms with Crippen molar-refractivity contribution in [3.63, 3.8) is 0 Å². The lowest BCUT2D eigenvalue weighted by atomic mass is 10.1. The van der Waals surface area contributed by atoms with Crippen molar-refractivity contribution in [3.8, 4) is 0 Å². The summed E-state index contributed by atoms with van der Waals surface area (Å²) >= 11 is 4.36. The smallest absolute Gasteiger partial charge is 0.339 e. The van der Waals surface area contributed by atoms with Crippen LogP contribution in [0.1, 0.15) is 18.1 Å². The van der Waals surface area contributed by atoms with E-state index in [2.05, 4.69) is 17.9 Å². The van der Waals surface area contributed by atoms with Gasteiger partial charge in [0, 0.05) is 24.1 Å². The van der Waals surface area contributed by atoms with Gasteiger partial charge in [-0.15, -0.1) is 0 Å². The first-order valence-electron chi connectivity index (χ1n) is 7.21. The van der Waals surface area contributed by atoms with Gasteiger partial charge in [0.05, 0.1) is 7.11 Å².